The zero-order valence-electron chi connectivity index (χ0n) is 47.7. The molecule has 432 valence electrons. The van der Waals surface area contributed by atoms with E-state index in [-0.39, 0.29) is 25.2 Å². The Morgan fingerprint density at radius 1 is 0.987 bits per heavy atom. The number of carbonyl (C=O) groups excluding carboxylic acids is 1. The molecule has 20 atom stereocenters. The van der Waals surface area contributed by atoms with E-state index in [4.69, 9.17) is 33.2 Å². The van der Waals surface area contributed by atoms with E-state index in [0.29, 0.717) is 31.6 Å². The first-order valence-corrected chi connectivity index (χ1v) is 27.6. The van der Waals surface area contributed by atoms with Gasteiger partial charge in [0.2, 0.25) is 0 Å². The third-order valence-corrected chi connectivity index (χ3v) is 17.2. The molecule has 1 aromatic carbocycles. The molecule has 0 bridgehead atoms. The summed E-state index contributed by atoms with van der Waals surface area (Å²) in [6.07, 6.45) is -4.73. The van der Waals surface area contributed by atoms with Gasteiger partial charge in [0.25, 0.3) is 0 Å². The fourth-order valence-corrected chi connectivity index (χ4v) is 12.3. The Morgan fingerprint density at radius 3 is 2.30 bits per heavy atom. The van der Waals surface area contributed by atoms with Crippen molar-refractivity contribution in [3.05, 3.63) is 53.4 Å². The predicted octanol–water partition coefficient (Wildman–Crippen LogP) is 4.38. The number of aliphatic hydroxyl groups excluding tert-OH is 3. The molecule has 20 heteroatoms. The number of methoxy groups -OCH3 is 2. The quantitative estimate of drug-likeness (QED) is 0.128. The highest BCUT2D eigenvalue weighted by Gasteiger charge is 2.53. The van der Waals surface area contributed by atoms with Crippen molar-refractivity contribution in [2.75, 3.05) is 61.2 Å². The first kappa shape index (κ1) is 62.1. The summed E-state index contributed by atoms with van der Waals surface area (Å²) in [5.74, 6) is -2.86. The Labute approximate surface area is 450 Å². The van der Waals surface area contributed by atoms with Crippen molar-refractivity contribution in [1.29, 1.82) is 0 Å². The number of alkyl halides is 1. The highest BCUT2D eigenvalue weighted by atomic mass is 19.1. The highest BCUT2D eigenvalue weighted by Crippen LogP contribution is 2.41. The minimum atomic E-state index is -1.85. The van der Waals surface area contributed by atoms with E-state index >= 15 is 0 Å². The number of halogens is 1. The molecule has 2 aromatic rings. The largest absolute Gasteiger partial charge is 0.459 e. The predicted molar refractivity (Wildman–Crippen MR) is 284 cm³/mol. The fraction of sp³-hybridized carbons (Fsp3) is 0.804. The molecule has 4 aliphatic heterocycles. The number of cyclic esters (lactones) is 1. The van der Waals surface area contributed by atoms with Gasteiger partial charge in [0, 0.05) is 70.9 Å². The second-order valence-corrected chi connectivity index (χ2v) is 23.3. The lowest BCUT2D eigenvalue weighted by Crippen LogP contribution is -2.61. The van der Waals surface area contributed by atoms with E-state index in [1.165, 1.54) is 24.3 Å². The number of carbonyl (C=O) groups is 1. The number of nitrogens with zero attached hydrogens (tertiary/aromatic N) is 5. The van der Waals surface area contributed by atoms with Crippen LogP contribution in [0.25, 0.3) is 5.57 Å². The molecule has 1 unspecified atom stereocenters. The van der Waals surface area contributed by atoms with E-state index in [2.05, 4.69) is 33.8 Å². The van der Waals surface area contributed by atoms with Gasteiger partial charge in [-0.3, -0.25) is 4.79 Å². The van der Waals surface area contributed by atoms with Crippen molar-refractivity contribution < 1.29 is 67.9 Å². The lowest BCUT2D eigenvalue weighted by Gasteiger charge is -2.49. The second-order valence-electron chi connectivity index (χ2n) is 23.3. The lowest BCUT2D eigenvalue weighted by atomic mass is 9.77. The molecular formula is C56H93FN6O13. The number of ether oxygens (including phenoxy) is 7. The van der Waals surface area contributed by atoms with Gasteiger partial charge in [-0.2, -0.15) is 0 Å². The lowest BCUT2D eigenvalue weighted by molar-refractivity contribution is -0.318. The first-order chi connectivity index (χ1) is 35.8. The van der Waals surface area contributed by atoms with E-state index in [1.807, 2.05) is 49.9 Å². The minimum absolute atomic E-state index is 0.0871. The third kappa shape index (κ3) is 14.3. The number of benzene rings is 1. The van der Waals surface area contributed by atoms with Crippen molar-refractivity contribution in [2.24, 2.45) is 17.8 Å². The Balaban J connectivity index is 1.25. The maximum absolute atomic E-state index is 14.9. The van der Waals surface area contributed by atoms with Gasteiger partial charge in [0.05, 0.1) is 47.2 Å². The van der Waals surface area contributed by atoms with Gasteiger partial charge in [-0.25, -0.2) is 9.07 Å². The third-order valence-electron chi connectivity index (χ3n) is 17.2. The molecule has 6 rings (SSSR count). The van der Waals surface area contributed by atoms with Gasteiger partial charge in [0.15, 0.2) is 12.6 Å². The topological polar surface area (TPSA) is 232 Å². The number of hydrogen-bond acceptors (Lipinski definition) is 18. The molecule has 6 N–H and O–H groups in total. The van der Waals surface area contributed by atoms with Crippen molar-refractivity contribution >= 4 is 11.5 Å². The molecule has 19 nitrogen and oxygen atoms in total. The number of likely N-dealkylation sites (N-methyl/N-ethyl adjacent to an activating group) is 2. The Kier molecular flexibility index (Phi) is 21.6. The van der Waals surface area contributed by atoms with Crippen LogP contribution in [-0.2, 0) is 44.4 Å². The fourth-order valence-electron chi connectivity index (χ4n) is 12.3. The van der Waals surface area contributed by atoms with Crippen LogP contribution in [0.1, 0.15) is 130 Å². The summed E-state index contributed by atoms with van der Waals surface area (Å²) in [7, 11) is 6.79. The summed E-state index contributed by atoms with van der Waals surface area (Å²) in [5, 5.41) is 72.0. The molecule has 1 aromatic heterocycles. The number of hydrogen-bond donors (Lipinski definition) is 6. The summed E-state index contributed by atoms with van der Waals surface area (Å²) in [6.45, 7) is 19.3. The summed E-state index contributed by atoms with van der Waals surface area (Å²) < 4.78 is 60.7. The normalized spacial score (nSPS) is 39.7. The molecule has 76 heavy (non-hydrogen) atoms. The minimum Gasteiger partial charge on any atom is -0.459 e. The van der Waals surface area contributed by atoms with Gasteiger partial charge >= 0.3 is 5.97 Å². The van der Waals surface area contributed by atoms with E-state index in [0.717, 1.165) is 30.6 Å². The Bertz CT molecular complexity index is 2170. The second kappa shape index (κ2) is 26.5. The van der Waals surface area contributed by atoms with Crippen molar-refractivity contribution in [1.82, 2.24) is 30.1 Å². The molecule has 3 saturated heterocycles. The SMILES string of the molecule is CC[C@H]1OC(=O)[C@H](C)[C@@H](O[C@H]2C[C@@](C)(OC)[C@@H](O)[C@H](C)O2)[C@H](C)[C@@H](O[C@@H]2O[C@H](C)C[C@H](N(C)CCc3cn([C@H](CF)[C@H](OC)c4ccc(C5=CCNCC5)cc4)nn3)[C@H]2O)[C@](C)(O)CC(C)CN(C)[C@H](C)[C@@H](O)[C@]1(C)O. The number of nitrogens with one attached hydrogen (secondary N) is 1. The standard InChI is InChI=1S/C56H93FN6O13/c1-15-44-56(10,69)49(65)36(6)62(12)30-32(2)27-54(8,68)51(34(4)47(35(5)52(67)74-44)75-45-28-55(9,71-14)50(66)37(7)73-45)76-53-46(64)42(26-33(3)72-53)61(11)25-22-41-31-63(60-59-41)43(29-57)48(70-13)40-18-16-38(17-19-40)39-20-23-58-24-21-39/h16-20,31-37,42-51,53,58,64-66,68-69H,15,21-30H2,1-14H3/t32?,33-,34+,35-,36-,37+,42+,43-,44-,45+,46-,47+,48-,49-,50+,51-,53+,54-,55-,56-/m1/s1. The molecule has 0 radical (unpaired) electrons. The number of rotatable bonds is 16. The van der Waals surface area contributed by atoms with Crippen LogP contribution in [0, 0.1) is 17.8 Å². The maximum atomic E-state index is 14.9. The maximum Gasteiger partial charge on any atom is 0.311 e. The van der Waals surface area contributed by atoms with E-state index in [9.17, 15) is 34.7 Å². The van der Waals surface area contributed by atoms with E-state index < -0.39 is 127 Å². The van der Waals surface area contributed by atoms with Crippen LogP contribution < -0.4 is 5.32 Å². The summed E-state index contributed by atoms with van der Waals surface area (Å²) in [6, 6.07) is 6.22. The summed E-state index contributed by atoms with van der Waals surface area (Å²) >= 11 is 0. The highest BCUT2D eigenvalue weighted by molar-refractivity contribution is 5.73. The molecule has 0 amide bonds. The van der Waals surface area contributed by atoms with Crippen LogP contribution in [0.5, 0.6) is 0 Å². The molecule has 5 heterocycles. The summed E-state index contributed by atoms with van der Waals surface area (Å²) in [4.78, 5) is 18.5. The van der Waals surface area contributed by atoms with E-state index in [1.54, 1.807) is 61.8 Å². The van der Waals surface area contributed by atoms with Crippen LogP contribution in [-0.4, -0.2) is 208 Å². The van der Waals surface area contributed by atoms with Crippen LogP contribution in [0.15, 0.2) is 36.5 Å². The first-order valence-electron chi connectivity index (χ1n) is 27.6. The molecular weight excluding hydrogens is 984 g/mol. The molecule has 0 spiro atoms. The van der Waals surface area contributed by atoms with Gasteiger partial charge in [0.1, 0.15) is 48.8 Å². The zero-order valence-corrected chi connectivity index (χ0v) is 47.7. The zero-order chi connectivity index (χ0) is 56.0. The monoisotopic (exact) mass is 1080 g/mol. The average Bonchev–Trinajstić information content (AvgIpc) is 3.87. The van der Waals surface area contributed by atoms with Gasteiger partial charge in [-0.05, 0) is 117 Å². The van der Waals surface area contributed by atoms with Crippen LogP contribution in [0.2, 0.25) is 0 Å². The average molecular weight is 1080 g/mol. The number of aliphatic hydroxyl groups is 5. The smallest absolute Gasteiger partial charge is 0.311 e. The summed E-state index contributed by atoms with van der Waals surface area (Å²) in [5.41, 5.74) is -0.721. The molecule has 0 saturated carbocycles. The van der Waals surface area contributed by atoms with Gasteiger partial charge in [-0.15, -0.1) is 5.10 Å². The van der Waals surface area contributed by atoms with Crippen molar-refractivity contribution in [3.8, 4) is 0 Å². The van der Waals surface area contributed by atoms with Gasteiger partial charge < -0.3 is 73.8 Å². The van der Waals surface area contributed by atoms with Crippen LogP contribution in [0.4, 0.5) is 4.39 Å². The van der Waals surface area contributed by atoms with Crippen molar-refractivity contribution in [3.63, 3.8) is 0 Å². The Morgan fingerprint density at radius 2 is 1.68 bits per heavy atom. The number of aromatic nitrogens is 3. The van der Waals surface area contributed by atoms with Crippen LogP contribution >= 0.6 is 0 Å². The number of esters is 1. The van der Waals surface area contributed by atoms with Crippen molar-refractivity contribution in [2.45, 2.75) is 210 Å². The molecule has 0 aliphatic carbocycles. The Hall–Kier alpha value is -3.06. The van der Waals surface area contributed by atoms with Crippen LogP contribution in [0.3, 0.4) is 0 Å². The molecule has 4 aliphatic rings. The van der Waals surface area contributed by atoms with Gasteiger partial charge in [-0.1, -0.05) is 56.3 Å². The molecule has 3 fully saturated rings.